The minimum Gasteiger partial charge on any atom is -0.455 e. The lowest BCUT2D eigenvalue weighted by Crippen LogP contribution is -2.35. The summed E-state index contributed by atoms with van der Waals surface area (Å²) >= 11 is 2.74. The number of carbonyl (C=O) groups excluding carboxylic acids is 4. The van der Waals surface area contributed by atoms with Crippen LogP contribution in [0.2, 0.25) is 0 Å². The fraction of sp³-hybridized carbons (Fsp3) is 0.318. The average Bonchev–Trinajstić information content (AvgIpc) is 3.46. The molecule has 2 heterocycles. The Morgan fingerprint density at radius 1 is 1.06 bits per heavy atom. The molecule has 2 amide bonds. The molecule has 32 heavy (non-hydrogen) atoms. The monoisotopic (exact) mass is 473 g/mol. The van der Waals surface area contributed by atoms with Crippen molar-refractivity contribution in [2.75, 3.05) is 24.6 Å². The Kier molecular flexibility index (Phi) is 8.46. The summed E-state index contributed by atoms with van der Waals surface area (Å²) in [7, 11) is 0. The lowest BCUT2D eigenvalue weighted by atomic mass is 10.2. The zero-order valence-corrected chi connectivity index (χ0v) is 19.2. The standard InChI is InChI=1S/C22H23N3O5S2/c1-2-25(22-24-15-6-3-4-7-17(15)32-22)20(28)14-30-21(29)11-12-23-19(27)10-9-16(26)18-8-5-13-31-18/h3-8,13H,2,9-12,14H2,1H3,(H,23,27). The molecule has 168 valence electrons. The highest BCUT2D eigenvalue weighted by molar-refractivity contribution is 7.22. The van der Waals surface area contributed by atoms with Crippen LogP contribution in [0.1, 0.15) is 35.9 Å². The van der Waals surface area contributed by atoms with E-state index in [1.165, 1.54) is 27.6 Å². The van der Waals surface area contributed by atoms with Crippen molar-refractivity contribution in [3.63, 3.8) is 0 Å². The predicted octanol–water partition coefficient (Wildman–Crippen LogP) is 3.42. The molecule has 0 aliphatic rings. The van der Waals surface area contributed by atoms with Crippen molar-refractivity contribution in [2.24, 2.45) is 0 Å². The first kappa shape index (κ1) is 23.6. The van der Waals surface area contributed by atoms with E-state index in [1.54, 1.807) is 12.1 Å². The Morgan fingerprint density at radius 2 is 1.88 bits per heavy atom. The van der Waals surface area contributed by atoms with Crippen molar-refractivity contribution in [3.05, 3.63) is 46.7 Å². The van der Waals surface area contributed by atoms with Gasteiger partial charge in [0.15, 0.2) is 17.5 Å². The Hall–Kier alpha value is -3.11. The number of nitrogens with zero attached hydrogens (tertiary/aromatic N) is 2. The van der Waals surface area contributed by atoms with Gasteiger partial charge in [0.1, 0.15) is 0 Å². The van der Waals surface area contributed by atoms with E-state index >= 15 is 0 Å². The predicted molar refractivity (Wildman–Crippen MR) is 124 cm³/mol. The summed E-state index contributed by atoms with van der Waals surface area (Å²) in [6.07, 6.45) is 0.104. The molecular formula is C22H23N3O5S2. The van der Waals surface area contributed by atoms with Crippen LogP contribution in [0.25, 0.3) is 10.2 Å². The van der Waals surface area contributed by atoms with Crippen molar-refractivity contribution in [2.45, 2.75) is 26.2 Å². The fourth-order valence-corrected chi connectivity index (χ4v) is 4.61. The number of benzene rings is 1. The molecule has 0 bridgehead atoms. The molecule has 1 aromatic carbocycles. The highest BCUT2D eigenvalue weighted by Crippen LogP contribution is 2.28. The van der Waals surface area contributed by atoms with E-state index in [1.807, 2.05) is 36.6 Å². The SMILES string of the molecule is CCN(C(=O)COC(=O)CCNC(=O)CCC(=O)c1cccs1)c1nc2ccccc2s1. The van der Waals surface area contributed by atoms with Gasteiger partial charge in [-0.3, -0.25) is 24.1 Å². The molecule has 0 atom stereocenters. The molecule has 0 aliphatic heterocycles. The number of para-hydroxylation sites is 1. The fourth-order valence-electron chi connectivity index (χ4n) is 2.87. The van der Waals surface area contributed by atoms with Gasteiger partial charge in [-0.1, -0.05) is 29.5 Å². The van der Waals surface area contributed by atoms with Gasteiger partial charge >= 0.3 is 5.97 Å². The number of likely N-dealkylation sites (N-methyl/N-ethyl adjacent to an activating group) is 1. The van der Waals surface area contributed by atoms with Crippen LogP contribution in [0, 0.1) is 0 Å². The first-order valence-electron chi connectivity index (χ1n) is 10.1. The number of fused-ring (bicyclic) bond motifs is 1. The number of esters is 1. The molecule has 0 aliphatic carbocycles. The Morgan fingerprint density at radius 3 is 2.59 bits per heavy atom. The average molecular weight is 474 g/mol. The summed E-state index contributed by atoms with van der Waals surface area (Å²) in [5.74, 6) is -1.35. The summed E-state index contributed by atoms with van der Waals surface area (Å²) in [4.78, 5) is 54.7. The number of hydrogen-bond acceptors (Lipinski definition) is 8. The largest absolute Gasteiger partial charge is 0.455 e. The van der Waals surface area contributed by atoms with Gasteiger partial charge in [0.25, 0.3) is 5.91 Å². The Bertz CT molecular complexity index is 1060. The highest BCUT2D eigenvalue weighted by atomic mass is 32.1. The van der Waals surface area contributed by atoms with Gasteiger partial charge in [-0.2, -0.15) is 0 Å². The second-order valence-electron chi connectivity index (χ2n) is 6.76. The van der Waals surface area contributed by atoms with E-state index in [2.05, 4.69) is 10.3 Å². The Labute approximate surface area is 193 Å². The van der Waals surface area contributed by atoms with Crippen molar-refractivity contribution in [1.82, 2.24) is 10.3 Å². The number of carbonyl (C=O) groups is 4. The number of hydrogen-bond donors (Lipinski definition) is 1. The molecule has 2 aromatic heterocycles. The molecule has 10 heteroatoms. The van der Waals surface area contributed by atoms with E-state index in [0.717, 1.165) is 10.2 Å². The molecule has 0 radical (unpaired) electrons. The highest BCUT2D eigenvalue weighted by Gasteiger charge is 2.19. The molecule has 3 rings (SSSR count). The zero-order valence-electron chi connectivity index (χ0n) is 17.5. The van der Waals surface area contributed by atoms with Crippen LogP contribution >= 0.6 is 22.7 Å². The van der Waals surface area contributed by atoms with Gasteiger partial charge < -0.3 is 10.1 Å². The third-order valence-corrected chi connectivity index (χ3v) is 6.48. The Balaban J connectivity index is 1.36. The van der Waals surface area contributed by atoms with Gasteiger partial charge in [-0.25, -0.2) is 4.98 Å². The summed E-state index contributed by atoms with van der Waals surface area (Å²) in [6.45, 7) is 1.90. The number of ketones is 1. The second-order valence-corrected chi connectivity index (χ2v) is 8.72. The van der Waals surface area contributed by atoms with E-state index in [9.17, 15) is 19.2 Å². The molecule has 0 unspecified atom stereocenters. The topological polar surface area (TPSA) is 106 Å². The summed E-state index contributed by atoms with van der Waals surface area (Å²) in [5.41, 5.74) is 0.809. The van der Waals surface area contributed by atoms with E-state index in [-0.39, 0.29) is 43.4 Å². The molecular weight excluding hydrogens is 450 g/mol. The molecule has 0 spiro atoms. The van der Waals surface area contributed by atoms with Crippen molar-refractivity contribution >= 4 is 61.6 Å². The number of thiophene rings is 1. The smallest absolute Gasteiger partial charge is 0.308 e. The lowest BCUT2D eigenvalue weighted by Gasteiger charge is -2.17. The first-order chi connectivity index (χ1) is 15.5. The minimum atomic E-state index is -0.589. The third-order valence-electron chi connectivity index (χ3n) is 4.51. The van der Waals surface area contributed by atoms with Crippen LogP contribution in [-0.4, -0.2) is 48.2 Å². The maximum Gasteiger partial charge on any atom is 0.308 e. The van der Waals surface area contributed by atoms with Gasteiger partial charge in [0, 0.05) is 25.9 Å². The third kappa shape index (κ3) is 6.44. The van der Waals surface area contributed by atoms with Crippen LogP contribution in [0.3, 0.4) is 0 Å². The molecule has 3 aromatic rings. The van der Waals surface area contributed by atoms with Crippen molar-refractivity contribution < 1.29 is 23.9 Å². The normalized spacial score (nSPS) is 10.7. The van der Waals surface area contributed by atoms with E-state index in [4.69, 9.17) is 4.74 Å². The quantitative estimate of drug-likeness (QED) is 0.338. The second kappa shape index (κ2) is 11.5. The minimum absolute atomic E-state index is 0.0535. The number of nitrogens with one attached hydrogen (secondary N) is 1. The van der Waals surface area contributed by atoms with Crippen molar-refractivity contribution in [3.8, 4) is 0 Å². The number of rotatable bonds is 11. The molecule has 0 fully saturated rings. The molecule has 1 N–H and O–H groups in total. The molecule has 0 saturated carbocycles. The van der Waals surface area contributed by atoms with Gasteiger partial charge in [0.05, 0.1) is 21.5 Å². The summed E-state index contributed by atoms with van der Waals surface area (Å²) in [5, 5.41) is 4.95. The number of amides is 2. The lowest BCUT2D eigenvalue weighted by molar-refractivity contribution is -0.147. The zero-order chi connectivity index (χ0) is 22.9. The van der Waals surface area contributed by atoms with Crippen LogP contribution in [-0.2, 0) is 19.1 Å². The first-order valence-corrected chi connectivity index (χ1v) is 11.8. The van der Waals surface area contributed by atoms with Gasteiger partial charge in [-0.05, 0) is 30.5 Å². The van der Waals surface area contributed by atoms with Crippen molar-refractivity contribution in [1.29, 1.82) is 0 Å². The number of Topliss-reactive ketones (excluding diaryl/α,β-unsaturated/α-hetero) is 1. The van der Waals surface area contributed by atoms with Crippen LogP contribution in [0.15, 0.2) is 41.8 Å². The van der Waals surface area contributed by atoms with Gasteiger partial charge in [0.2, 0.25) is 5.91 Å². The number of ether oxygens (including phenoxy) is 1. The van der Waals surface area contributed by atoms with Crippen LogP contribution in [0.5, 0.6) is 0 Å². The van der Waals surface area contributed by atoms with E-state index < -0.39 is 12.6 Å². The molecule has 0 saturated heterocycles. The maximum atomic E-state index is 12.5. The number of aromatic nitrogens is 1. The number of thiazole rings is 1. The van der Waals surface area contributed by atoms with Gasteiger partial charge in [-0.15, -0.1) is 11.3 Å². The number of anilines is 1. The van der Waals surface area contributed by atoms with E-state index in [0.29, 0.717) is 16.6 Å². The summed E-state index contributed by atoms with van der Waals surface area (Å²) in [6, 6.07) is 11.1. The summed E-state index contributed by atoms with van der Waals surface area (Å²) < 4.78 is 6.02. The van der Waals surface area contributed by atoms with Crippen LogP contribution in [0.4, 0.5) is 5.13 Å². The van der Waals surface area contributed by atoms with Crippen LogP contribution < -0.4 is 10.2 Å². The maximum absolute atomic E-state index is 12.5. The molecule has 8 nitrogen and oxygen atoms in total.